The largest absolute Gasteiger partial charge is 0.322 e. The molecule has 5 aromatic rings. The number of carbonyl (C=O) groups is 2. The Kier molecular flexibility index (Phi) is 8.36. The molecule has 194 valence electrons. The van der Waals surface area contributed by atoms with Gasteiger partial charge in [0.1, 0.15) is 11.1 Å². The van der Waals surface area contributed by atoms with Gasteiger partial charge in [0.25, 0.3) is 5.91 Å². The van der Waals surface area contributed by atoms with Crippen LogP contribution in [-0.2, 0) is 4.79 Å². The van der Waals surface area contributed by atoms with Crippen molar-refractivity contribution in [2.24, 2.45) is 0 Å². The summed E-state index contributed by atoms with van der Waals surface area (Å²) in [6.07, 6.45) is 0. The summed E-state index contributed by atoms with van der Waals surface area (Å²) >= 11 is 9.01. The minimum atomic E-state index is -0.585. The SMILES string of the molecule is O=C(Nc1ccc(SC(C(=O)Nc2nc(-c3ccccc3Cl)cs2)c2ccccc2)cc1)c1ccccc1F. The molecule has 1 heterocycles. The molecule has 0 spiro atoms. The van der Waals surface area contributed by atoms with Crippen LogP contribution in [0.15, 0.2) is 113 Å². The van der Waals surface area contributed by atoms with Gasteiger partial charge in [-0.3, -0.25) is 9.59 Å². The van der Waals surface area contributed by atoms with Crippen LogP contribution in [0.25, 0.3) is 11.3 Å². The first-order valence-electron chi connectivity index (χ1n) is 11.9. The molecule has 9 heteroatoms. The van der Waals surface area contributed by atoms with Crippen LogP contribution >= 0.6 is 34.7 Å². The van der Waals surface area contributed by atoms with Crippen molar-refractivity contribution < 1.29 is 14.0 Å². The topological polar surface area (TPSA) is 71.1 Å². The predicted octanol–water partition coefficient (Wildman–Crippen LogP) is 8.33. The van der Waals surface area contributed by atoms with E-state index in [4.69, 9.17) is 11.6 Å². The first-order chi connectivity index (χ1) is 19.0. The lowest BCUT2D eigenvalue weighted by atomic mass is 10.1. The highest BCUT2D eigenvalue weighted by Crippen LogP contribution is 2.37. The van der Waals surface area contributed by atoms with E-state index in [0.717, 1.165) is 16.0 Å². The van der Waals surface area contributed by atoms with Gasteiger partial charge in [0.15, 0.2) is 5.13 Å². The molecule has 5 rings (SSSR count). The third kappa shape index (κ3) is 6.54. The number of nitrogens with one attached hydrogen (secondary N) is 2. The van der Waals surface area contributed by atoms with Crippen molar-refractivity contribution in [1.82, 2.24) is 4.98 Å². The van der Waals surface area contributed by atoms with Crippen LogP contribution in [0.5, 0.6) is 0 Å². The summed E-state index contributed by atoms with van der Waals surface area (Å²) in [6.45, 7) is 0. The Morgan fingerprint density at radius 1 is 0.846 bits per heavy atom. The second-order valence-electron chi connectivity index (χ2n) is 8.37. The lowest BCUT2D eigenvalue weighted by Gasteiger charge is -2.16. The Morgan fingerprint density at radius 2 is 1.54 bits per heavy atom. The Hall–Kier alpha value is -3.98. The maximum atomic E-state index is 13.9. The van der Waals surface area contributed by atoms with E-state index in [-0.39, 0.29) is 11.5 Å². The van der Waals surface area contributed by atoms with Crippen LogP contribution in [0.2, 0.25) is 5.02 Å². The molecule has 1 aromatic heterocycles. The first-order valence-corrected chi connectivity index (χ1v) is 14.0. The van der Waals surface area contributed by atoms with Gasteiger partial charge in [-0.1, -0.05) is 72.3 Å². The van der Waals surface area contributed by atoms with Gasteiger partial charge in [-0.2, -0.15) is 0 Å². The number of nitrogens with zero attached hydrogens (tertiary/aromatic N) is 1. The molecule has 1 atom stereocenters. The van der Waals surface area contributed by atoms with Crippen molar-refractivity contribution in [3.8, 4) is 11.3 Å². The van der Waals surface area contributed by atoms with Crippen molar-refractivity contribution in [2.45, 2.75) is 10.1 Å². The fourth-order valence-corrected chi connectivity index (χ4v) is 5.76. The summed E-state index contributed by atoms with van der Waals surface area (Å²) < 4.78 is 13.9. The third-order valence-corrected chi connectivity index (χ3v) is 8.06. The van der Waals surface area contributed by atoms with Crippen LogP contribution in [0.3, 0.4) is 0 Å². The molecule has 0 saturated carbocycles. The molecular formula is C30H21ClFN3O2S2. The van der Waals surface area contributed by atoms with Gasteiger partial charge < -0.3 is 10.6 Å². The number of thioether (sulfide) groups is 1. The lowest BCUT2D eigenvalue weighted by Crippen LogP contribution is -2.19. The third-order valence-electron chi connectivity index (χ3n) is 5.71. The number of benzene rings is 4. The zero-order chi connectivity index (χ0) is 27.2. The molecule has 2 N–H and O–H groups in total. The predicted molar refractivity (Wildman–Crippen MR) is 157 cm³/mol. The summed E-state index contributed by atoms with van der Waals surface area (Å²) in [5.41, 5.74) is 2.81. The first kappa shape index (κ1) is 26.6. The average Bonchev–Trinajstić information content (AvgIpc) is 3.41. The van der Waals surface area contributed by atoms with Gasteiger partial charge in [-0.05, 0) is 48.0 Å². The van der Waals surface area contributed by atoms with Crippen LogP contribution < -0.4 is 10.6 Å². The Labute approximate surface area is 238 Å². The highest BCUT2D eigenvalue weighted by atomic mass is 35.5. The minimum absolute atomic E-state index is 0.0309. The van der Waals surface area contributed by atoms with E-state index in [1.54, 1.807) is 24.3 Å². The summed E-state index contributed by atoms with van der Waals surface area (Å²) in [7, 11) is 0. The van der Waals surface area contributed by atoms with Crippen molar-refractivity contribution in [3.05, 3.63) is 130 Å². The molecule has 0 aliphatic carbocycles. The van der Waals surface area contributed by atoms with E-state index >= 15 is 0 Å². The van der Waals surface area contributed by atoms with Crippen molar-refractivity contribution in [3.63, 3.8) is 0 Å². The normalized spacial score (nSPS) is 11.5. The maximum absolute atomic E-state index is 13.9. The number of rotatable bonds is 8. The molecule has 4 aromatic carbocycles. The van der Waals surface area contributed by atoms with Crippen LogP contribution in [0.4, 0.5) is 15.2 Å². The number of hydrogen-bond acceptors (Lipinski definition) is 5. The molecule has 0 saturated heterocycles. The number of anilines is 2. The summed E-state index contributed by atoms with van der Waals surface area (Å²) in [5, 5.41) is 8.01. The molecule has 0 bridgehead atoms. The quantitative estimate of drug-likeness (QED) is 0.183. The van der Waals surface area contributed by atoms with E-state index in [9.17, 15) is 14.0 Å². The molecule has 5 nitrogen and oxygen atoms in total. The zero-order valence-electron chi connectivity index (χ0n) is 20.3. The van der Waals surface area contributed by atoms with Crippen LogP contribution in [0, 0.1) is 5.82 Å². The summed E-state index contributed by atoms with van der Waals surface area (Å²) in [6, 6.07) is 29.8. The van der Waals surface area contributed by atoms with Gasteiger partial charge in [0, 0.05) is 26.5 Å². The van der Waals surface area contributed by atoms with E-state index in [2.05, 4.69) is 15.6 Å². The molecule has 0 fully saturated rings. The Bertz CT molecular complexity index is 1610. The zero-order valence-corrected chi connectivity index (χ0v) is 22.7. The molecule has 1 unspecified atom stereocenters. The number of carbonyl (C=O) groups excluding carboxylic acids is 2. The highest BCUT2D eigenvalue weighted by molar-refractivity contribution is 8.00. The van der Waals surface area contributed by atoms with Gasteiger partial charge in [-0.25, -0.2) is 9.37 Å². The van der Waals surface area contributed by atoms with E-state index in [1.807, 2.05) is 66.0 Å². The Balaban J connectivity index is 1.31. The standard InChI is InChI=1S/C30H21ClFN3O2S2/c31-24-12-6-4-10-22(24)26-18-38-30(34-26)35-29(37)27(19-8-2-1-3-9-19)39-21-16-14-20(15-17-21)33-28(36)23-11-5-7-13-25(23)32/h1-18,27H,(H,33,36)(H,34,35,37). The van der Waals surface area contributed by atoms with Crippen LogP contribution in [-0.4, -0.2) is 16.8 Å². The second-order valence-corrected chi connectivity index (χ2v) is 10.8. The monoisotopic (exact) mass is 573 g/mol. The smallest absolute Gasteiger partial charge is 0.258 e. The molecule has 0 aliphatic rings. The van der Waals surface area contributed by atoms with Crippen molar-refractivity contribution in [1.29, 1.82) is 0 Å². The number of amides is 2. The molecule has 39 heavy (non-hydrogen) atoms. The number of hydrogen-bond donors (Lipinski definition) is 2. The molecular weight excluding hydrogens is 553 g/mol. The maximum Gasteiger partial charge on any atom is 0.258 e. The van der Waals surface area contributed by atoms with Gasteiger partial charge in [0.2, 0.25) is 5.91 Å². The van der Waals surface area contributed by atoms with Gasteiger partial charge in [0.05, 0.1) is 11.3 Å². The fraction of sp³-hybridized carbons (Fsp3) is 0.0333. The number of halogens is 2. The van der Waals surface area contributed by atoms with Crippen molar-refractivity contribution >= 4 is 57.3 Å². The lowest BCUT2D eigenvalue weighted by molar-refractivity contribution is -0.115. The van der Waals surface area contributed by atoms with E-state index < -0.39 is 17.0 Å². The van der Waals surface area contributed by atoms with Gasteiger partial charge >= 0.3 is 0 Å². The molecule has 2 amide bonds. The summed E-state index contributed by atoms with van der Waals surface area (Å²) in [5.74, 6) is -1.34. The van der Waals surface area contributed by atoms with E-state index in [1.165, 1.54) is 41.3 Å². The van der Waals surface area contributed by atoms with Crippen LogP contribution in [0.1, 0.15) is 21.2 Å². The number of thiazole rings is 1. The molecule has 0 radical (unpaired) electrons. The van der Waals surface area contributed by atoms with E-state index in [0.29, 0.717) is 21.5 Å². The minimum Gasteiger partial charge on any atom is -0.322 e. The highest BCUT2D eigenvalue weighted by Gasteiger charge is 2.23. The second kappa shape index (κ2) is 12.3. The number of aromatic nitrogens is 1. The fourth-order valence-electron chi connectivity index (χ4n) is 3.79. The summed E-state index contributed by atoms with van der Waals surface area (Å²) in [4.78, 5) is 31.3. The van der Waals surface area contributed by atoms with Gasteiger partial charge in [-0.15, -0.1) is 23.1 Å². The molecule has 0 aliphatic heterocycles. The Morgan fingerprint density at radius 3 is 2.28 bits per heavy atom. The van der Waals surface area contributed by atoms with Crippen molar-refractivity contribution in [2.75, 3.05) is 10.6 Å². The average molecular weight is 574 g/mol.